The summed E-state index contributed by atoms with van der Waals surface area (Å²) in [6.45, 7) is 4.26. The first kappa shape index (κ1) is 11.6. The third kappa shape index (κ3) is 3.08. The molecular formula is C13H22N2O. The van der Waals surface area contributed by atoms with E-state index in [2.05, 4.69) is 22.7 Å². The SMILES string of the molecule is CCCc1nccn1CCCC1CCCO1. The number of hydrogen-bond donors (Lipinski definition) is 0. The fraction of sp³-hybridized carbons (Fsp3) is 0.769. The van der Waals surface area contributed by atoms with Crippen LogP contribution in [0, 0.1) is 0 Å². The summed E-state index contributed by atoms with van der Waals surface area (Å²) in [5, 5.41) is 0. The van der Waals surface area contributed by atoms with Gasteiger partial charge in [0.05, 0.1) is 6.10 Å². The van der Waals surface area contributed by atoms with Crippen LogP contribution in [-0.4, -0.2) is 22.3 Å². The Morgan fingerprint density at radius 3 is 3.25 bits per heavy atom. The highest BCUT2D eigenvalue weighted by molar-refractivity contribution is 4.92. The van der Waals surface area contributed by atoms with Crippen molar-refractivity contribution in [1.82, 2.24) is 9.55 Å². The number of aryl methyl sites for hydroxylation is 2. The molecule has 0 aromatic carbocycles. The molecule has 0 spiro atoms. The summed E-state index contributed by atoms with van der Waals surface area (Å²) in [5.74, 6) is 1.23. The van der Waals surface area contributed by atoms with Gasteiger partial charge in [0, 0.05) is 32.0 Å². The van der Waals surface area contributed by atoms with E-state index in [9.17, 15) is 0 Å². The Morgan fingerprint density at radius 2 is 2.50 bits per heavy atom. The predicted octanol–water partition coefficient (Wildman–Crippen LogP) is 2.79. The predicted molar refractivity (Wildman–Crippen MR) is 64.4 cm³/mol. The molecule has 1 unspecified atom stereocenters. The minimum absolute atomic E-state index is 0.526. The first-order valence-electron chi connectivity index (χ1n) is 6.51. The highest BCUT2D eigenvalue weighted by Gasteiger charge is 2.14. The van der Waals surface area contributed by atoms with Crippen LogP contribution in [0.3, 0.4) is 0 Å². The van der Waals surface area contributed by atoms with E-state index in [1.54, 1.807) is 0 Å². The number of hydrogen-bond acceptors (Lipinski definition) is 2. The number of aromatic nitrogens is 2. The molecule has 1 aromatic rings. The normalized spacial score (nSPS) is 20.4. The van der Waals surface area contributed by atoms with Gasteiger partial charge in [0.15, 0.2) is 0 Å². The Labute approximate surface area is 97.8 Å². The van der Waals surface area contributed by atoms with Gasteiger partial charge in [-0.05, 0) is 32.1 Å². The van der Waals surface area contributed by atoms with Crippen LogP contribution < -0.4 is 0 Å². The lowest BCUT2D eigenvalue weighted by molar-refractivity contribution is 0.101. The minimum Gasteiger partial charge on any atom is -0.378 e. The maximum Gasteiger partial charge on any atom is 0.108 e. The summed E-state index contributed by atoms with van der Waals surface area (Å²) >= 11 is 0. The average molecular weight is 222 g/mol. The summed E-state index contributed by atoms with van der Waals surface area (Å²) in [5.41, 5.74) is 0. The Kier molecular flexibility index (Phi) is 4.40. The molecule has 1 atom stereocenters. The first-order valence-corrected chi connectivity index (χ1v) is 6.51. The summed E-state index contributed by atoms with van der Waals surface area (Å²) in [7, 11) is 0. The molecule has 0 bridgehead atoms. The molecule has 0 saturated carbocycles. The van der Waals surface area contributed by atoms with Crippen LogP contribution in [0.4, 0.5) is 0 Å². The van der Waals surface area contributed by atoms with Gasteiger partial charge in [-0.3, -0.25) is 0 Å². The number of rotatable bonds is 6. The van der Waals surface area contributed by atoms with Crippen LogP contribution in [0.5, 0.6) is 0 Å². The molecule has 0 amide bonds. The van der Waals surface area contributed by atoms with E-state index in [-0.39, 0.29) is 0 Å². The fourth-order valence-corrected chi connectivity index (χ4v) is 2.36. The standard InChI is InChI=1S/C13H22N2O/c1-2-5-13-14-8-10-15(13)9-3-6-12-7-4-11-16-12/h8,10,12H,2-7,9,11H2,1H3. The molecule has 1 aromatic heterocycles. The van der Waals surface area contributed by atoms with Gasteiger partial charge in [0.2, 0.25) is 0 Å². The largest absolute Gasteiger partial charge is 0.378 e. The van der Waals surface area contributed by atoms with Gasteiger partial charge in [-0.15, -0.1) is 0 Å². The molecule has 90 valence electrons. The maximum atomic E-state index is 5.63. The molecule has 1 fully saturated rings. The van der Waals surface area contributed by atoms with Crippen molar-refractivity contribution in [2.45, 2.75) is 58.1 Å². The van der Waals surface area contributed by atoms with Crippen LogP contribution in [0.1, 0.15) is 44.9 Å². The lowest BCUT2D eigenvalue weighted by Gasteiger charge is -2.10. The highest BCUT2D eigenvalue weighted by Crippen LogP contribution is 2.17. The smallest absolute Gasteiger partial charge is 0.108 e. The monoisotopic (exact) mass is 222 g/mol. The van der Waals surface area contributed by atoms with E-state index >= 15 is 0 Å². The van der Waals surface area contributed by atoms with E-state index in [0.717, 1.165) is 19.6 Å². The summed E-state index contributed by atoms with van der Waals surface area (Å²) < 4.78 is 7.92. The van der Waals surface area contributed by atoms with Crippen molar-refractivity contribution in [2.24, 2.45) is 0 Å². The van der Waals surface area contributed by atoms with Gasteiger partial charge in [0.1, 0.15) is 5.82 Å². The molecule has 3 heteroatoms. The molecule has 1 aliphatic rings. The molecule has 0 N–H and O–H groups in total. The molecule has 2 rings (SSSR count). The zero-order chi connectivity index (χ0) is 11.2. The molecule has 1 aliphatic heterocycles. The summed E-state index contributed by atoms with van der Waals surface area (Å²) in [6.07, 6.45) is 11.7. The topological polar surface area (TPSA) is 27.1 Å². The van der Waals surface area contributed by atoms with E-state index in [4.69, 9.17) is 4.74 Å². The van der Waals surface area contributed by atoms with Gasteiger partial charge < -0.3 is 9.30 Å². The van der Waals surface area contributed by atoms with Gasteiger partial charge in [0.25, 0.3) is 0 Å². The van der Waals surface area contributed by atoms with Crippen molar-refractivity contribution in [3.8, 4) is 0 Å². The number of nitrogens with zero attached hydrogens (tertiary/aromatic N) is 2. The molecule has 0 aliphatic carbocycles. The Balaban J connectivity index is 1.73. The van der Waals surface area contributed by atoms with Crippen LogP contribution in [0.15, 0.2) is 12.4 Å². The maximum absolute atomic E-state index is 5.63. The lowest BCUT2D eigenvalue weighted by Crippen LogP contribution is -2.08. The van der Waals surface area contributed by atoms with Crippen molar-refractivity contribution in [3.63, 3.8) is 0 Å². The third-order valence-corrected chi connectivity index (χ3v) is 3.22. The van der Waals surface area contributed by atoms with Crippen molar-refractivity contribution < 1.29 is 4.74 Å². The summed E-state index contributed by atoms with van der Waals surface area (Å²) in [6, 6.07) is 0. The molecule has 3 nitrogen and oxygen atoms in total. The van der Waals surface area contributed by atoms with Crippen molar-refractivity contribution in [2.75, 3.05) is 6.61 Å². The lowest BCUT2D eigenvalue weighted by atomic mass is 10.1. The van der Waals surface area contributed by atoms with Gasteiger partial charge in [-0.25, -0.2) is 4.98 Å². The van der Waals surface area contributed by atoms with Crippen LogP contribution in [0.25, 0.3) is 0 Å². The van der Waals surface area contributed by atoms with Gasteiger partial charge in [-0.1, -0.05) is 6.92 Å². The Morgan fingerprint density at radius 1 is 1.56 bits per heavy atom. The quantitative estimate of drug-likeness (QED) is 0.740. The van der Waals surface area contributed by atoms with Crippen LogP contribution in [0.2, 0.25) is 0 Å². The molecule has 0 radical (unpaired) electrons. The van der Waals surface area contributed by atoms with Crippen molar-refractivity contribution in [3.05, 3.63) is 18.2 Å². The molecule has 2 heterocycles. The Hall–Kier alpha value is -0.830. The molecule has 16 heavy (non-hydrogen) atoms. The number of ether oxygens (including phenoxy) is 1. The second-order valence-electron chi connectivity index (χ2n) is 4.56. The van der Waals surface area contributed by atoms with Crippen LogP contribution >= 0.6 is 0 Å². The first-order chi connectivity index (χ1) is 7.90. The third-order valence-electron chi connectivity index (χ3n) is 3.22. The van der Waals surface area contributed by atoms with Crippen molar-refractivity contribution in [1.29, 1.82) is 0 Å². The zero-order valence-corrected chi connectivity index (χ0v) is 10.2. The van der Waals surface area contributed by atoms with Crippen LogP contribution in [-0.2, 0) is 17.7 Å². The van der Waals surface area contributed by atoms with Crippen molar-refractivity contribution >= 4 is 0 Å². The second-order valence-corrected chi connectivity index (χ2v) is 4.56. The number of imidazole rings is 1. The van der Waals surface area contributed by atoms with Gasteiger partial charge >= 0.3 is 0 Å². The average Bonchev–Trinajstić information content (AvgIpc) is 2.91. The molecular weight excluding hydrogens is 200 g/mol. The Bertz CT molecular complexity index is 303. The van der Waals surface area contributed by atoms with E-state index < -0.39 is 0 Å². The van der Waals surface area contributed by atoms with Gasteiger partial charge in [-0.2, -0.15) is 0 Å². The van der Waals surface area contributed by atoms with E-state index in [1.807, 2.05) is 6.20 Å². The van der Waals surface area contributed by atoms with E-state index in [1.165, 1.54) is 37.9 Å². The second kappa shape index (κ2) is 6.04. The fourth-order valence-electron chi connectivity index (χ4n) is 2.36. The molecule has 1 saturated heterocycles. The van der Waals surface area contributed by atoms with E-state index in [0.29, 0.717) is 6.10 Å². The zero-order valence-electron chi connectivity index (χ0n) is 10.2. The highest BCUT2D eigenvalue weighted by atomic mass is 16.5. The minimum atomic E-state index is 0.526. The summed E-state index contributed by atoms with van der Waals surface area (Å²) in [4.78, 5) is 4.39.